The number of ether oxygens (including phenoxy) is 1. The van der Waals surface area contributed by atoms with Crippen molar-refractivity contribution in [3.63, 3.8) is 0 Å². The number of benzene rings is 1. The molecule has 1 fully saturated rings. The highest BCUT2D eigenvalue weighted by molar-refractivity contribution is 5.91. The summed E-state index contributed by atoms with van der Waals surface area (Å²) in [6.45, 7) is 2.04. The van der Waals surface area contributed by atoms with Gasteiger partial charge in [-0.3, -0.25) is 9.59 Å². The second kappa shape index (κ2) is 5.84. The van der Waals surface area contributed by atoms with Gasteiger partial charge in [-0.05, 0) is 30.5 Å². The summed E-state index contributed by atoms with van der Waals surface area (Å²) in [7, 11) is 3.02. The van der Waals surface area contributed by atoms with Gasteiger partial charge in [-0.2, -0.15) is 0 Å². The minimum atomic E-state index is -0.543. The van der Waals surface area contributed by atoms with Crippen LogP contribution in [-0.2, 0) is 19.7 Å². The van der Waals surface area contributed by atoms with Gasteiger partial charge in [0.05, 0.1) is 18.4 Å². The lowest BCUT2D eigenvalue weighted by Crippen LogP contribution is -2.40. The first-order chi connectivity index (χ1) is 9.90. The quantitative estimate of drug-likeness (QED) is 0.781. The standard InChI is InChI=1S/C16H20FNO3/c1-11(14(19)21-3)10-18(2)15(20)16(8-9-16)12-4-6-13(17)7-5-12/h4-7,11H,8-10H2,1-3H3. The molecule has 1 aromatic rings. The van der Waals surface area contributed by atoms with Gasteiger partial charge in [-0.25, -0.2) is 4.39 Å². The summed E-state index contributed by atoms with van der Waals surface area (Å²) in [4.78, 5) is 25.6. The first-order valence-electron chi connectivity index (χ1n) is 7.00. The number of hydrogen-bond donors (Lipinski definition) is 0. The summed E-state index contributed by atoms with van der Waals surface area (Å²) in [6, 6.07) is 6.08. The van der Waals surface area contributed by atoms with E-state index in [-0.39, 0.29) is 23.6 Å². The number of esters is 1. The summed E-state index contributed by atoms with van der Waals surface area (Å²) in [5.41, 5.74) is 0.296. The summed E-state index contributed by atoms with van der Waals surface area (Å²) >= 11 is 0. The predicted molar refractivity (Wildman–Crippen MR) is 76.1 cm³/mol. The number of carbonyl (C=O) groups excluding carboxylic acids is 2. The predicted octanol–water partition coefficient (Wildman–Crippen LogP) is 2.12. The first-order valence-corrected chi connectivity index (χ1v) is 7.00. The Balaban J connectivity index is 2.08. The summed E-state index contributed by atoms with van der Waals surface area (Å²) in [6.07, 6.45) is 1.52. The maximum Gasteiger partial charge on any atom is 0.310 e. The largest absolute Gasteiger partial charge is 0.469 e. The van der Waals surface area contributed by atoms with Crippen LogP contribution in [0.5, 0.6) is 0 Å². The van der Waals surface area contributed by atoms with Crippen LogP contribution in [0.2, 0.25) is 0 Å². The number of rotatable bonds is 5. The normalized spacial score (nSPS) is 17.0. The Bertz CT molecular complexity index is 537. The number of likely N-dealkylation sites (N-methyl/N-ethyl adjacent to an activating group) is 1. The van der Waals surface area contributed by atoms with E-state index in [2.05, 4.69) is 4.74 Å². The molecule has 5 heteroatoms. The minimum absolute atomic E-state index is 0.0233. The van der Waals surface area contributed by atoms with Crippen LogP contribution < -0.4 is 0 Å². The van der Waals surface area contributed by atoms with E-state index in [1.807, 2.05) is 0 Å². The number of halogens is 1. The van der Waals surface area contributed by atoms with E-state index in [4.69, 9.17) is 0 Å². The lowest BCUT2D eigenvalue weighted by atomic mass is 9.94. The third-order valence-corrected chi connectivity index (χ3v) is 4.05. The third kappa shape index (κ3) is 3.06. The molecule has 1 unspecified atom stereocenters. The molecular weight excluding hydrogens is 273 g/mol. The van der Waals surface area contributed by atoms with Crippen molar-refractivity contribution in [2.45, 2.75) is 25.2 Å². The van der Waals surface area contributed by atoms with Gasteiger partial charge in [0.15, 0.2) is 0 Å². The molecule has 0 aliphatic heterocycles. The Hall–Kier alpha value is -1.91. The Morgan fingerprint density at radius 1 is 1.33 bits per heavy atom. The van der Waals surface area contributed by atoms with Crippen LogP contribution in [0.4, 0.5) is 4.39 Å². The molecule has 1 aromatic carbocycles. The van der Waals surface area contributed by atoms with Gasteiger partial charge in [-0.1, -0.05) is 19.1 Å². The van der Waals surface area contributed by atoms with Crippen LogP contribution in [0.25, 0.3) is 0 Å². The molecular formula is C16H20FNO3. The highest BCUT2D eigenvalue weighted by atomic mass is 19.1. The van der Waals surface area contributed by atoms with E-state index < -0.39 is 5.41 Å². The van der Waals surface area contributed by atoms with E-state index in [1.165, 1.54) is 19.2 Å². The average Bonchev–Trinajstić information content (AvgIpc) is 3.27. The zero-order valence-corrected chi connectivity index (χ0v) is 12.6. The molecule has 4 nitrogen and oxygen atoms in total. The van der Waals surface area contributed by atoms with E-state index in [1.54, 1.807) is 31.0 Å². The van der Waals surface area contributed by atoms with Crippen LogP contribution in [0.1, 0.15) is 25.3 Å². The minimum Gasteiger partial charge on any atom is -0.469 e. The Kier molecular flexibility index (Phi) is 4.30. The van der Waals surface area contributed by atoms with Crippen molar-refractivity contribution in [3.8, 4) is 0 Å². The third-order valence-electron chi connectivity index (χ3n) is 4.05. The van der Waals surface area contributed by atoms with Crippen molar-refractivity contribution < 1.29 is 18.7 Å². The van der Waals surface area contributed by atoms with Crippen LogP contribution in [0, 0.1) is 11.7 Å². The van der Waals surface area contributed by atoms with Crippen LogP contribution in [0.15, 0.2) is 24.3 Å². The summed E-state index contributed by atoms with van der Waals surface area (Å²) in [5.74, 6) is -1.03. The van der Waals surface area contributed by atoms with Crippen LogP contribution in [-0.4, -0.2) is 37.5 Å². The molecule has 2 rings (SSSR count). The molecule has 114 valence electrons. The molecule has 1 aliphatic rings. The van der Waals surface area contributed by atoms with Gasteiger partial charge in [-0.15, -0.1) is 0 Å². The Labute approximate surface area is 123 Å². The second-order valence-corrected chi connectivity index (χ2v) is 5.70. The van der Waals surface area contributed by atoms with E-state index in [0.29, 0.717) is 6.54 Å². The van der Waals surface area contributed by atoms with Crippen LogP contribution >= 0.6 is 0 Å². The number of nitrogens with zero attached hydrogens (tertiary/aromatic N) is 1. The molecule has 0 saturated heterocycles. The Morgan fingerprint density at radius 2 is 1.90 bits per heavy atom. The molecule has 1 atom stereocenters. The summed E-state index contributed by atoms with van der Waals surface area (Å²) < 4.78 is 17.7. The molecule has 0 radical (unpaired) electrons. The van der Waals surface area contributed by atoms with Gasteiger partial charge < -0.3 is 9.64 Å². The number of methoxy groups -OCH3 is 1. The maximum absolute atomic E-state index is 13.0. The maximum atomic E-state index is 13.0. The van der Waals surface area contributed by atoms with Crippen molar-refractivity contribution in [3.05, 3.63) is 35.6 Å². The topological polar surface area (TPSA) is 46.6 Å². The monoisotopic (exact) mass is 293 g/mol. The van der Waals surface area contributed by atoms with E-state index in [0.717, 1.165) is 18.4 Å². The van der Waals surface area contributed by atoms with Crippen molar-refractivity contribution >= 4 is 11.9 Å². The van der Waals surface area contributed by atoms with Crippen molar-refractivity contribution in [2.24, 2.45) is 5.92 Å². The number of amides is 1. The van der Waals surface area contributed by atoms with Crippen molar-refractivity contribution in [2.75, 3.05) is 20.7 Å². The molecule has 21 heavy (non-hydrogen) atoms. The second-order valence-electron chi connectivity index (χ2n) is 5.70. The lowest BCUT2D eigenvalue weighted by molar-refractivity contribution is -0.146. The van der Waals surface area contributed by atoms with Gasteiger partial charge in [0, 0.05) is 13.6 Å². The molecule has 1 amide bonds. The highest BCUT2D eigenvalue weighted by Gasteiger charge is 2.52. The average molecular weight is 293 g/mol. The first kappa shape index (κ1) is 15.5. The zero-order chi connectivity index (χ0) is 15.6. The molecule has 0 N–H and O–H groups in total. The highest BCUT2D eigenvalue weighted by Crippen LogP contribution is 2.49. The smallest absolute Gasteiger partial charge is 0.310 e. The molecule has 0 spiro atoms. The zero-order valence-electron chi connectivity index (χ0n) is 12.6. The van der Waals surface area contributed by atoms with Crippen LogP contribution in [0.3, 0.4) is 0 Å². The molecule has 0 bridgehead atoms. The molecule has 1 saturated carbocycles. The fraction of sp³-hybridized carbons (Fsp3) is 0.500. The molecule has 1 aliphatic carbocycles. The lowest BCUT2D eigenvalue weighted by Gasteiger charge is -2.25. The van der Waals surface area contributed by atoms with Gasteiger partial charge in [0.2, 0.25) is 5.91 Å². The molecule has 0 aromatic heterocycles. The fourth-order valence-corrected chi connectivity index (χ4v) is 2.65. The molecule has 0 heterocycles. The number of hydrogen-bond acceptors (Lipinski definition) is 3. The van der Waals surface area contributed by atoms with Gasteiger partial charge in [0.25, 0.3) is 0 Å². The van der Waals surface area contributed by atoms with Gasteiger partial charge >= 0.3 is 5.97 Å². The summed E-state index contributed by atoms with van der Waals surface area (Å²) in [5, 5.41) is 0. The van der Waals surface area contributed by atoms with E-state index in [9.17, 15) is 14.0 Å². The SMILES string of the molecule is COC(=O)C(C)CN(C)C(=O)C1(c2ccc(F)cc2)CC1. The fourth-order valence-electron chi connectivity index (χ4n) is 2.65. The van der Waals surface area contributed by atoms with E-state index >= 15 is 0 Å². The Morgan fingerprint density at radius 3 is 2.38 bits per heavy atom. The van der Waals surface area contributed by atoms with Crippen molar-refractivity contribution in [1.82, 2.24) is 4.90 Å². The van der Waals surface area contributed by atoms with Crippen molar-refractivity contribution in [1.29, 1.82) is 0 Å². The number of carbonyl (C=O) groups is 2. The van der Waals surface area contributed by atoms with Gasteiger partial charge in [0.1, 0.15) is 5.82 Å².